The summed E-state index contributed by atoms with van der Waals surface area (Å²) in [5.41, 5.74) is 6.69. The lowest BCUT2D eigenvalue weighted by Crippen LogP contribution is -2.40. The van der Waals surface area contributed by atoms with Crippen molar-refractivity contribution in [1.29, 1.82) is 0 Å². The Labute approximate surface area is 168 Å². The summed E-state index contributed by atoms with van der Waals surface area (Å²) in [6.45, 7) is 0. The number of nitrogens with zero attached hydrogens (tertiary/aromatic N) is 2. The number of carbonyl (C=O) groups is 2. The Bertz CT molecular complexity index is 860. The highest BCUT2D eigenvalue weighted by molar-refractivity contribution is 7.10. The van der Waals surface area contributed by atoms with Gasteiger partial charge in [-0.05, 0) is 42.3 Å². The molecule has 4 rings (SSSR count). The standard InChI is InChI=1S/C21H24N4O2S/c22-20(26)17-13-16(24-25(17)15-9-2-1-3-10-15)21(27)23-19(14-7-4-5-8-14)18-11-6-12-28-18/h1-3,6,9-12,14,17,19H,4-5,7-8,13H2,(H2,22,26)(H,23,27)/t17-,19-/m0/s1. The summed E-state index contributed by atoms with van der Waals surface area (Å²) in [5, 5.41) is 11.3. The van der Waals surface area contributed by atoms with Gasteiger partial charge in [-0.3, -0.25) is 14.6 Å². The van der Waals surface area contributed by atoms with E-state index in [1.165, 1.54) is 17.7 Å². The van der Waals surface area contributed by atoms with Crippen molar-refractivity contribution in [3.8, 4) is 0 Å². The molecule has 28 heavy (non-hydrogen) atoms. The molecule has 3 N–H and O–H groups in total. The normalized spacial score (nSPS) is 20.8. The molecule has 2 heterocycles. The second-order valence-electron chi connectivity index (χ2n) is 7.36. The van der Waals surface area contributed by atoms with E-state index in [1.54, 1.807) is 16.3 Å². The van der Waals surface area contributed by atoms with Crippen LogP contribution in [0, 0.1) is 5.92 Å². The highest BCUT2D eigenvalue weighted by Gasteiger charge is 2.36. The van der Waals surface area contributed by atoms with E-state index >= 15 is 0 Å². The number of thiophene rings is 1. The van der Waals surface area contributed by atoms with Crippen LogP contribution in [-0.2, 0) is 9.59 Å². The molecule has 0 radical (unpaired) electrons. The van der Waals surface area contributed by atoms with E-state index in [9.17, 15) is 9.59 Å². The van der Waals surface area contributed by atoms with Gasteiger partial charge in [-0.15, -0.1) is 11.3 Å². The summed E-state index contributed by atoms with van der Waals surface area (Å²) in [5.74, 6) is -0.252. The first-order chi connectivity index (χ1) is 13.6. The van der Waals surface area contributed by atoms with Crippen LogP contribution < -0.4 is 16.1 Å². The van der Waals surface area contributed by atoms with E-state index in [0.29, 0.717) is 11.6 Å². The van der Waals surface area contributed by atoms with Gasteiger partial charge in [-0.1, -0.05) is 37.1 Å². The molecule has 146 valence electrons. The Hall–Kier alpha value is -2.67. The third-order valence-corrected chi connectivity index (χ3v) is 6.48. The molecular formula is C21H24N4O2S. The number of carbonyl (C=O) groups excluding carboxylic acids is 2. The molecule has 2 atom stereocenters. The van der Waals surface area contributed by atoms with Gasteiger partial charge in [0.1, 0.15) is 11.8 Å². The van der Waals surface area contributed by atoms with E-state index in [2.05, 4.69) is 16.5 Å². The Morgan fingerprint density at radius 1 is 1.14 bits per heavy atom. The molecule has 6 nitrogen and oxygen atoms in total. The number of para-hydroxylation sites is 1. The minimum absolute atomic E-state index is 0.00416. The van der Waals surface area contributed by atoms with Crippen molar-refractivity contribution in [2.75, 3.05) is 5.01 Å². The Morgan fingerprint density at radius 3 is 2.54 bits per heavy atom. The minimum atomic E-state index is -0.644. The van der Waals surface area contributed by atoms with Crippen LogP contribution >= 0.6 is 11.3 Å². The van der Waals surface area contributed by atoms with E-state index in [0.717, 1.165) is 18.5 Å². The Morgan fingerprint density at radius 2 is 1.89 bits per heavy atom. The van der Waals surface area contributed by atoms with E-state index < -0.39 is 11.9 Å². The van der Waals surface area contributed by atoms with Crippen LogP contribution in [0.1, 0.15) is 43.0 Å². The first-order valence-electron chi connectivity index (χ1n) is 9.69. The first-order valence-corrected chi connectivity index (χ1v) is 10.6. The van der Waals surface area contributed by atoms with E-state index in [1.807, 2.05) is 41.8 Å². The first kappa shape index (κ1) is 18.7. The predicted octanol–water partition coefficient (Wildman–Crippen LogP) is 3.22. The minimum Gasteiger partial charge on any atom is -0.368 e. The van der Waals surface area contributed by atoms with Crippen molar-refractivity contribution in [1.82, 2.24) is 5.32 Å². The maximum absolute atomic E-state index is 13.0. The number of hydrogen-bond acceptors (Lipinski definition) is 5. The lowest BCUT2D eigenvalue weighted by Gasteiger charge is -2.23. The van der Waals surface area contributed by atoms with Gasteiger partial charge in [0, 0.05) is 11.3 Å². The van der Waals surface area contributed by atoms with Crippen molar-refractivity contribution in [3.05, 3.63) is 52.7 Å². The van der Waals surface area contributed by atoms with Gasteiger partial charge in [0.25, 0.3) is 5.91 Å². The van der Waals surface area contributed by atoms with Crippen LogP contribution in [0.25, 0.3) is 0 Å². The summed E-state index contributed by atoms with van der Waals surface area (Å²) in [6.07, 6.45) is 4.87. The average molecular weight is 397 g/mol. The fraction of sp³-hybridized carbons (Fsp3) is 0.381. The second-order valence-corrected chi connectivity index (χ2v) is 8.34. The summed E-state index contributed by atoms with van der Waals surface area (Å²) < 4.78 is 0. The summed E-state index contributed by atoms with van der Waals surface area (Å²) in [7, 11) is 0. The van der Waals surface area contributed by atoms with Gasteiger partial charge in [-0.25, -0.2) is 0 Å². The molecule has 0 unspecified atom stereocenters. The monoisotopic (exact) mass is 396 g/mol. The zero-order valence-electron chi connectivity index (χ0n) is 15.6. The number of hydrazone groups is 1. The van der Waals surface area contributed by atoms with Gasteiger partial charge < -0.3 is 11.1 Å². The van der Waals surface area contributed by atoms with E-state index in [-0.39, 0.29) is 18.4 Å². The van der Waals surface area contributed by atoms with Gasteiger partial charge in [0.05, 0.1) is 11.7 Å². The Kier molecular flexibility index (Phi) is 5.43. The third-order valence-electron chi connectivity index (χ3n) is 5.53. The number of primary amides is 1. The van der Waals surface area contributed by atoms with Crippen LogP contribution in [0.5, 0.6) is 0 Å². The maximum atomic E-state index is 13.0. The summed E-state index contributed by atoms with van der Waals surface area (Å²) >= 11 is 1.67. The van der Waals surface area contributed by atoms with Crippen molar-refractivity contribution in [2.45, 2.75) is 44.2 Å². The molecule has 1 aliphatic carbocycles. The number of benzene rings is 1. The Balaban J connectivity index is 1.55. The van der Waals surface area contributed by atoms with Gasteiger partial charge in [-0.2, -0.15) is 5.10 Å². The van der Waals surface area contributed by atoms with Gasteiger partial charge in [0.2, 0.25) is 5.91 Å². The molecule has 2 amide bonds. The van der Waals surface area contributed by atoms with Crippen LogP contribution in [0.3, 0.4) is 0 Å². The topological polar surface area (TPSA) is 87.8 Å². The van der Waals surface area contributed by atoms with Gasteiger partial charge >= 0.3 is 0 Å². The summed E-state index contributed by atoms with van der Waals surface area (Å²) in [4.78, 5) is 26.2. The molecule has 0 bridgehead atoms. The average Bonchev–Trinajstić information content (AvgIpc) is 3.48. The molecule has 1 aromatic heterocycles. The molecule has 0 spiro atoms. The van der Waals surface area contributed by atoms with Gasteiger partial charge in [0.15, 0.2) is 0 Å². The molecule has 2 aliphatic rings. The fourth-order valence-electron chi connectivity index (χ4n) is 4.09. The van der Waals surface area contributed by atoms with E-state index in [4.69, 9.17) is 5.73 Å². The van der Waals surface area contributed by atoms with Crippen LogP contribution in [0.15, 0.2) is 52.9 Å². The van der Waals surface area contributed by atoms with Crippen LogP contribution in [0.2, 0.25) is 0 Å². The lowest BCUT2D eigenvalue weighted by atomic mass is 9.96. The highest BCUT2D eigenvalue weighted by atomic mass is 32.1. The number of rotatable bonds is 6. The maximum Gasteiger partial charge on any atom is 0.268 e. The molecule has 1 aliphatic heterocycles. The molecule has 7 heteroatoms. The van der Waals surface area contributed by atoms with Crippen molar-refractivity contribution in [2.24, 2.45) is 16.8 Å². The number of nitrogens with one attached hydrogen (secondary N) is 1. The van der Waals surface area contributed by atoms with Crippen LogP contribution in [-0.4, -0.2) is 23.6 Å². The summed E-state index contributed by atoms with van der Waals surface area (Å²) in [6, 6.07) is 12.8. The quantitative estimate of drug-likeness (QED) is 0.786. The molecule has 2 aromatic rings. The zero-order valence-corrected chi connectivity index (χ0v) is 16.4. The third kappa shape index (κ3) is 3.80. The number of nitrogens with two attached hydrogens (primary N) is 1. The lowest BCUT2D eigenvalue weighted by molar-refractivity contribution is -0.119. The molecule has 1 saturated carbocycles. The van der Waals surface area contributed by atoms with Crippen LogP contribution in [0.4, 0.5) is 5.69 Å². The fourth-order valence-corrected chi connectivity index (χ4v) is 4.96. The molecule has 1 aromatic carbocycles. The molecule has 1 fully saturated rings. The largest absolute Gasteiger partial charge is 0.368 e. The molecule has 0 saturated heterocycles. The van der Waals surface area contributed by atoms with Crippen molar-refractivity contribution >= 4 is 34.6 Å². The number of amides is 2. The number of hydrogen-bond donors (Lipinski definition) is 2. The highest BCUT2D eigenvalue weighted by Crippen LogP contribution is 2.37. The number of anilines is 1. The zero-order chi connectivity index (χ0) is 19.5. The predicted molar refractivity (Wildman–Crippen MR) is 111 cm³/mol. The van der Waals surface area contributed by atoms with Crippen molar-refractivity contribution < 1.29 is 9.59 Å². The SMILES string of the molecule is NC(=O)[C@@H]1CC(C(=O)N[C@H](c2cccs2)C2CCCC2)=NN1c1ccccc1. The second kappa shape index (κ2) is 8.14. The van der Waals surface area contributed by atoms with Crippen molar-refractivity contribution in [3.63, 3.8) is 0 Å². The smallest absolute Gasteiger partial charge is 0.268 e. The molecular weight excluding hydrogens is 372 g/mol.